The first-order chi connectivity index (χ1) is 9.98. The van der Waals surface area contributed by atoms with E-state index >= 15 is 0 Å². The first-order valence-corrected chi connectivity index (χ1v) is 9.28. The molecule has 0 radical (unpaired) electrons. The molecule has 0 aliphatic rings. The van der Waals surface area contributed by atoms with Gasteiger partial charge in [0.2, 0.25) is 15.0 Å². The Hall–Kier alpha value is -0.830. The minimum absolute atomic E-state index is 0.000608. The monoisotopic (exact) mass is 377 g/mol. The molecule has 0 aliphatic carbocycles. The summed E-state index contributed by atoms with van der Waals surface area (Å²) in [5, 5.41) is 3.15. The molecule has 0 saturated carbocycles. The average Bonchev–Trinajstić information content (AvgIpc) is 2.69. The van der Waals surface area contributed by atoms with E-state index in [-0.39, 0.29) is 20.6 Å². The Balaban J connectivity index is 2.49. The normalized spacial score (nSPS) is 12.6. The molecule has 5 nitrogen and oxygen atoms in total. The average molecular weight is 378 g/mol. The molecule has 2 rings (SSSR count). The Bertz CT molecular complexity index is 838. The van der Waals surface area contributed by atoms with E-state index in [0.717, 1.165) is 0 Å². The van der Waals surface area contributed by atoms with E-state index in [1.54, 1.807) is 12.1 Å². The number of aromatic nitrogens is 2. The SMILES string of the molecule is CC(C)(C)CS(=O)(=O)c1nc2cc(NC(=S)S)c(Cl)cc2[nH]1. The van der Waals surface area contributed by atoms with E-state index in [9.17, 15) is 8.42 Å². The van der Waals surface area contributed by atoms with E-state index in [1.165, 1.54) is 0 Å². The summed E-state index contributed by atoms with van der Waals surface area (Å²) in [6.45, 7) is 5.58. The minimum atomic E-state index is -3.50. The summed E-state index contributed by atoms with van der Waals surface area (Å²) < 4.78 is 25.0. The number of H-pyrrole nitrogens is 1. The molecule has 0 saturated heterocycles. The molecule has 0 amide bonds. The first kappa shape index (κ1) is 17.5. The number of fused-ring (bicyclic) bond motifs is 1. The van der Waals surface area contributed by atoms with Crippen LogP contribution in [0.3, 0.4) is 0 Å². The maximum atomic E-state index is 12.4. The van der Waals surface area contributed by atoms with Crippen LogP contribution in [0.2, 0.25) is 5.02 Å². The van der Waals surface area contributed by atoms with Crippen molar-refractivity contribution in [2.24, 2.45) is 5.41 Å². The van der Waals surface area contributed by atoms with Gasteiger partial charge < -0.3 is 10.3 Å². The number of imidazole rings is 1. The molecular formula is C13H16ClN3O2S3. The van der Waals surface area contributed by atoms with Crippen LogP contribution in [0.5, 0.6) is 0 Å². The van der Waals surface area contributed by atoms with Crippen molar-refractivity contribution < 1.29 is 8.42 Å². The van der Waals surface area contributed by atoms with Crippen LogP contribution in [0.25, 0.3) is 11.0 Å². The molecule has 1 aromatic heterocycles. The largest absolute Gasteiger partial charge is 0.340 e. The number of benzene rings is 1. The number of rotatable bonds is 3. The van der Waals surface area contributed by atoms with Crippen molar-refractivity contribution in [2.75, 3.05) is 11.1 Å². The summed E-state index contributed by atoms with van der Waals surface area (Å²) in [5.74, 6) is -0.000608. The number of hydrogen-bond acceptors (Lipinski definition) is 4. The van der Waals surface area contributed by atoms with Gasteiger partial charge in [0.05, 0.1) is 27.5 Å². The minimum Gasteiger partial charge on any atom is -0.340 e. The lowest BCUT2D eigenvalue weighted by Crippen LogP contribution is -2.21. The number of sulfone groups is 1. The van der Waals surface area contributed by atoms with Crippen LogP contribution in [0.4, 0.5) is 5.69 Å². The second kappa shape index (κ2) is 5.99. The summed E-state index contributed by atoms with van der Waals surface area (Å²) in [7, 11) is -3.50. The first-order valence-electron chi connectivity index (χ1n) is 6.40. The predicted octanol–water partition coefficient (Wildman–Crippen LogP) is 3.66. The summed E-state index contributed by atoms with van der Waals surface area (Å²) in [6, 6.07) is 3.24. The van der Waals surface area contributed by atoms with Crippen molar-refractivity contribution in [3.63, 3.8) is 0 Å². The maximum Gasteiger partial charge on any atom is 0.226 e. The van der Waals surface area contributed by atoms with Gasteiger partial charge in [-0.2, -0.15) is 0 Å². The zero-order chi connectivity index (χ0) is 16.7. The van der Waals surface area contributed by atoms with Crippen molar-refractivity contribution in [3.8, 4) is 0 Å². The molecule has 120 valence electrons. The van der Waals surface area contributed by atoms with E-state index in [4.69, 9.17) is 23.8 Å². The number of thiol groups is 1. The topological polar surface area (TPSA) is 74.8 Å². The molecule has 1 heterocycles. The third kappa shape index (κ3) is 4.13. The fourth-order valence-electron chi connectivity index (χ4n) is 2.00. The smallest absolute Gasteiger partial charge is 0.226 e. The van der Waals surface area contributed by atoms with E-state index in [2.05, 4.69) is 27.9 Å². The molecule has 0 spiro atoms. The van der Waals surface area contributed by atoms with Gasteiger partial charge in [0.1, 0.15) is 4.32 Å². The maximum absolute atomic E-state index is 12.4. The molecule has 2 N–H and O–H groups in total. The summed E-state index contributed by atoms with van der Waals surface area (Å²) >= 11 is 15.0. The lowest BCUT2D eigenvalue weighted by Gasteiger charge is -2.16. The highest BCUT2D eigenvalue weighted by Gasteiger charge is 2.26. The van der Waals surface area contributed by atoms with Gasteiger partial charge in [0.25, 0.3) is 0 Å². The summed E-state index contributed by atoms with van der Waals surface area (Å²) in [4.78, 5) is 6.98. The highest BCUT2D eigenvalue weighted by atomic mass is 35.5. The molecule has 0 atom stereocenters. The molecule has 22 heavy (non-hydrogen) atoms. The lowest BCUT2D eigenvalue weighted by molar-refractivity contribution is 0.460. The molecule has 9 heteroatoms. The van der Waals surface area contributed by atoms with E-state index < -0.39 is 9.84 Å². The standard InChI is InChI=1S/C13H16ClN3O2S3/c1-13(2,3)6-22(18,19)11-15-9-4-7(14)8(17-12(20)21)5-10(9)16-11/h4-5H,6H2,1-3H3,(H,15,16)(H2,17,20,21). The van der Waals surface area contributed by atoms with E-state index in [0.29, 0.717) is 21.7 Å². The number of anilines is 1. The Labute approximate surface area is 145 Å². The molecule has 0 unspecified atom stereocenters. The van der Waals surface area contributed by atoms with E-state index in [1.807, 2.05) is 20.8 Å². The molecule has 0 aliphatic heterocycles. The second-order valence-corrected chi connectivity index (χ2v) is 9.61. The summed E-state index contributed by atoms with van der Waals surface area (Å²) in [5.41, 5.74) is 1.21. The van der Waals surface area contributed by atoms with Gasteiger partial charge in [-0.25, -0.2) is 13.4 Å². The van der Waals surface area contributed by atoms with Gasteiger partial charge in [-0.15, -0.1) is 12.6 Å². The zero-order valence-electron chi connectivity index (χ0n) is 12.3. The fraction of sp³-hybridized carbons (Fsp3) is 0.385. The Kier molecular flexibility index (Phi) is 4.77. The van der Waals surface area contributed by atoms with Crippen molar-refractivity contribution in [1.29, 1.82) is 0 Å². The third-order valence-electron chi connectivity index (χ3n) is 2.71. The highest BCUT2D eigenvalue weighted by Crippen LogP contribution is 2.29. The van der Waals surface area contributed by atoms with Crippen LogP contribution in [0, 0.1) is 5.41 Å². The van der Waals surface area contributed by atoms with Gasteiger partial charge in [0.15, 0.2) is 0 Å². The number of nitrogens with zero attached hydrogens (tertiary/aromatic N) is 1. The molecule has 1 aromatic carbocycles. The Morgan fingerprint density at radius 1 is 1.45 bits per heavy atom. The quantitative estimate of drug-likeness (QED) is 0.562. The van der Waals surface area contributed by atoms with Crippen molar-refractivity contribution in [2.45, 2.75) is 25.9 Å². The number of thiocarbonyl (C=S) groups is 1. The number of aromatic amines is 1. The lowest BCUT2D eigenvalue weighted by atomic mass is 10.0. The van der Waals surface area contributed by atoms with Gasteiger partial charge in [-0.05, 0) is 17.5 Å². The van der Waals surface area contributed by atoms with Crippen LogP contribution >= 0.6 is 36.4 Å². The Morgan fingerprint density at radius 3 is 2.64 bits per heavy atom. The Morgan fingerprint density at radius 2 is 2.09 bits per heavy atom. The van der Waals surface area contributed by atoms with Gasteiger partial charge in [-0.3, -0.25) is 0 Å². The van der Waals surface area contributed by atoms with Crippen molar-refractivity contribution >= 4 is 67.3 Å². The molecule has 0 bridgehead atoms. The van der Waals surface area contributed by atoms with Gasteiger partial charge in [-0.1, -0.05) is 44.6 Å². The fourth-order valence-corrected chi connectivity index (χ4v) is 4.22. The zero-order valence-corrected chi connectivity index (χ0v) is 15.6. The highest BCUT2D eigenvalue weighted by molar-refractivity contribution is 8.11. The number of nitrogens with one attached hydrogen (secondary N) is 2. The number of halogens is 1. The summed E-state index contributed by atoms with van der Waals surface area (Å²) in [6.07, 6.45) is 0. The van der Waals surface area contributed by atoms with Gasteiger partial charge >= 0.3 is 0 Å². The van der Waals surface area contributed by atoms with Crippen molar-refractivity contribution in [1.82, 2.24) is 9.97 Å². The van der Waals surface area contributed by atoms with Gasteiger partial charge in [0, 0.05) is 0 Å². The molecule has 0 fully saturated rings. The number of hydrogen-bond donors (Lipinski definition) is 3. The van der Waals surface area contributed by atoms with Crippen LogP contribution in [0.15, 0.2) is 17.3 Å². The van der Waals surface area contributed by atoms with Crippen molar-refractivity contribution in [3.05, 3.63) is 17.2 Å². The molecule has 2 aromatic rings. The predicted molar refractivity (Wildman–Crippen MR) is 97.8 cm³/mol. The molecular weight excluding hydrogens is 362 g/mol. The van der Waals surface area contributed by atoms with Crippen LogP contribution in [-0.2, 0) is 9.84 Å². The van der Waals surface area contributed by atoms with Crippen LogP contribution < -0.4 is 5.32 Å². The van der Waals surface area contributed by atoms with Crippen LogP contribution in [0.1, 0.15) is 20.8 Å². The van der Waals surface area contributed by atoms with Crippen LogP contribution in [-0.4, -0.2) is 28.5 Å². The third-order valence-corrected chi connectivity index (χ3v) is 5.26. The second-order valence-electron chi connectivity index (χ2n) is 6.14.